The first-order valence-corrected chi connectivity index (χ1v) is 7.24. The molecule has 2 aromatic carbocycles. The van der Waals surface area contributed by atoms with Crippen molar-refractivity contribution in [2.75, 3.05) is 0 Å². The molecule has 0 atom stereocenters. The Morgan fingerprint density at radius 3 is 2.35 bits per heavy atom. The van der Waals surface area contributed by atoms with Gasteiger partial charge in [0.15, 0.2) is 0 Å². The second kappa shape index (κ2) is 7.98. The van der Waals surface area contributed by atoms with E-state index in [1.165, 1.54) is 6.08 Å². The van der Waals surface area contributed by atoms with E-state index in [1.54, 1.807) is 18.2 Å². The van der Waals surface area contributed by atoms with Crippen LogP contribution in [0.4, 0.5) is 0 Å². The number of fused-ring (bicyclic) bond motifs is 1. The summed E-state index contributed by atoms with van der Waals surface area (Å²) in [6.45, 7) is 0. The van der Waals surface area contributed by atoms with Gasteiger partial charge in [0.05, 0.1) is 0 Å². The second-order valence-corrected chi connectivity index (χ2v) is 5.19. The van der Waals surface area contributed by atoms with E-state index in [0.717, 1.165) is 5.57 Å². The first kappa shape index (κ1) is 17.3. The fraction of sp³-hybridized carbons (Fsp3) is 0. The summed E-state index contributed by atoms with van der Waals surface area (Å²) in [5.41, 5.74) is 1.44. The van der Waals surface area contributed by atoms with Gasteiger partial charge in [-0.2, -0.15) is 18.2 Å². The predicted octanol–water partition coefficient (Wildman–Crippen LogP) is 4.22. The van der Waals surface area contributed by atoms with E-state index in [9.17, 15) is 5.11 Å². The summed E-state index contributed by atoms with van der Waals surface area (Å²) in [5.74, 6) is 1.02. The van der Waals surface area contributed by atoms with Crippen LogP contribution in [-0.2, 0) is 17.1 Å². The third kappa shape index (κ3) is 4.23. The average molecular weight is 365 g/mol. The Bertz CT molecular complexity index is 752. The summed E-state index contributed by atoms with van der Waals surface area (Å²) in [7, 11) is 0. The van der Waals surface area contributed by atoms with Crippen molar-refractivity contribution < 1.29 is 26.9 Å². The van der Waals surface area contributed by atoms with E-state index < -0.39 is 0 Å². The Labute approximate surface area is 150 Å². The molecule has 1 aliphatic carbocycles. The number of halogens is 1. The first-order chi connectivity index (χ1) is 10.7. The minimum Gasteiger partial charge on any atom is -0.872 e. The predicted molar refractivity (Wildman–Crippen MR) is 87.4 cm³/mol. The van der Waals surface area contributed by atoms with Crippen molar-refractivity contribution in [1.82, 2.24) is 0 Å². The quantitative estimate of drug-likeness (QED) is 0.518. The van der Waals surface area contributed by atoms with E-state index in [1.807, 2.05) is 54.6 Å². The molecule has 2 aliphatic rings. The fourth-order valence-corrected chi connectivity index (χ4v) is 2.29. The van der Waals surface area contributed by atoms with E-state index in [0.29, 0.717) is 22.1 Å². The Morgan fingerprint density at radius 2 is 1.74 bits per heavy atom. The zero-order valence-corrected chi connectivity index (χ0v) is 13.9. The summed E-state index contributed by atoms with van der Waals surface area (Å²) in [6, 6.07) is 15.0. The summed E-state index contributed by atoms with van der Waals surface area (Å²) < 4.78 is 5.68. The van der Waals surface area contributed by atoms with Gasteiger partial charge in [-0.15, -0.1) is 0 Å². The minimum absolute atomic E-state index is 0. The van der Waals surface area contributed by atoms with Gasteiger partial charge in [-0.3, -0.25) is 0 Å². The molecule has 0 bridgehead atoms. The van der Waals surface area contributed by atoms with Crippen LogP contribution in [0.15, 0.2) is 90.2 Å². The normalized spacial score (nSPS) is 14.2. The SMILES string of the molecule is [Fe+2].[O-]C1=CC(=C2C=CC=C2)Oc2cc(Cl)ccc21.c1cc[cH-]c1. The maximum atomic E-state index is 11.9. The Kier molecular flexibility index (Phi) is 6.00. The molecule has 0 unspecified atom stereocenters. The zero-order chi connectivity index (χ0) is 15.4. The summed E-state index contributed by atoms with van der Waals surface area (Å²) >= 11 is 5.89. The van der Waals surface area contributed by atoms with Gasteiger partial charge in [-0.25, -0.2) is 12.1 Å². The number of benzene rings is 1. The molecule has 0 spiro atoms. The Balaban J connectivity index is 0.000000276. The molecule has 4 rings (SSSR count). The largest absolute Gasteiger partial charge is 2.00 e. The van der Waals surface area contributed by atoms with Gasteiger partial charge in [0.1, 0.15) is 11.5 Å². The van der Waals surface area contributed by atoms with Crippen molar-refractivity contribution in [3.63, 3.8) is 0 Å². The van der Waals surface area contributed by atoms with Crippen molar-refractivity contribution in [3.8, 4) is 5.75 Å². The standard InChI is InChI=1S/C14H9ClO2.C5H5.Fe/c15-10-5-6-11-12(16)8-13(17-14(11)7-10)9-3-1-2-4-9;1-2-4-5-3-1;/h1-8,16H;1-5H;/q;-1;+2/p-1. The molecule has 2 nitrogen and oxygen atoms in total. The summed E-state index contributed by atoms with van der Waals surface area (Å²) in [5, 5.41) is 12.5. The van der Waals surface area contributed by atoms with Crippen LogP contribution in [0, 0.1) is 0 Å². The topological polar surface area (TPSA) is 32.3 Å². The third-order valence-corrected chi connectivity index (χ3v) is 3.43. The van der Waals surface area contributed by atoms with Crippen LogP contribution in [-0.4, -0.2) is 0 Å². The minimum atomic E-state index is -0.0564. The molecule has 0 radical (unpaired) electrons. The van der Waals surface area contributed by atoms with Gasteiger partial charge >= 0.3 is 17.1 Å². The maximum Gasteiger partial charge on any atom is 2.00 e. The van der Waals surface area contributed by atoms with Crippen LogP contribution in [0.5, 0.6) is 5.75 Å². The van der Waals surface area contributed by atoms with Crippen molar-refractivity contribution >= 4 is 17.4 Å². The molecular formula is C19H13ClFeO2. The molecule has 23 heavy (non-hydrogen) atoms. The second-order valence-electron chi connectivity index (χ2n) is 4.75. The molecule has 0 fully saturated rings. The van der Waals surface area contributed by atoms with E-state index in [-0.39, 0.29) is 22.8 Å². The van der Waals surface area contributed by atoms with Crippen LogP contribution in [0.1, 0.15) is 5.56 Å². The molecule has 0 saturated carbocycles. The molecule has 116 valence electrons. The van der Waals surface area contributed by atoms with Crippen LogP contribution in [0.25, 0.3) is 5.76 Å². The fourth-order valence-electron chi connectivity index (χ4n) is 2.13. The monoisotopic (exact) mass is 364 g/mol. The summed E-state index contributed by atoms with van der Waals surface area (Å²) in [6.07, 6.45) is 9.10. The van der Waals surface area contributed by atoms with Crippen molar-refractivity contribution in [2.24, 2.45) is 0 Å². The number of hydrogen-bond donors (Lipinski definition) is 0. The average Bonchev–Trinajstić information content (AvgIpc) is 3.23. The van der Waals surface area contributed by atoms with E-state index in [2.05, 4.69) is 0 Å². The Hall–Kier alpha value is -2.06. The first-order valence-electron chi connectivity index (χ1n) is 6.86. The molecular weight excluding hydrogens is 352 g/mol. The maximum absolute atomic E-state index is 11.9. The molecule has 0 N–H and O–H groups in total. The zero-order valence-electron chi connectivity index (χ0n) is 12.1. The smallest absolute Gasteiger partial charge is 0.872 e. The number of hydrogen-bond acceptors (Lipinski definition) is 2. The van der Waals surface area contributed by atoms with Crippen molar-refractivity contribution in [1.29, 1.82) is 0 Å². The Morgan fingerprint density at radius 1 is 1.04 bits per heavy atom. The van der Waals surface area contributed by atoms with Crippen molar-refractivity contribution in [3.05, 3.63) is 101 Å². The van der Waals surface area contributed by atoms with Crippen molar-refractivity contribution in [2.45, 2.75) is 0 Å². The van der Waals surface area contributed by atoms with Gasteiger partial charge in [-0.05, 0) is 18.2 Å². The van der Waals surface area contributed by atoms with Gasteiger partial charge in [-0.1, -0.05) is 47.7 Å². The molecule has 2 aromatic rings. The number of rotatable bonds is 0. The van der Waals surface area contributed by atoms with Crippen LogP contribution in [0.3, 0.4) is 0 Å². The van der Waals surface area contributed by atoms with Gasteiger partial charge < -0.3 is 9.84 Å². The molecule has 0 saturated heterocycles. The van der Waals surface area contributed by atoms with Gasteiger partial charge in [0, 0.05) is 16.2 Å². The molecule has 4 heteroatoms. The van der Waals surface area contributed by atoms with E-state index in [4.69, 9.17) is 16.3 Å². The molecule has 0 amide bonds. The van der Waals surface area contributed by atoms with Gasteiger partial charge in [0.2, 0.25) is 0 Å². The van der Waals surface area contributed by atoms with Crippen LogP contribution >= 0.6 is 11.6 Å². The van der Waals surface area contributed by atoms with E-state index >= 15 is 0 Å². The number of ether oxygens (including phenoxy) is 1. The third-order valence-electron chi connectivity index (χ3n) is 3.19. The van der Waals surface area contributed by atoms with Crippen LogP contribution in [0.2, 0.25) is 5.02 Å². The molecule has 1 aliphatic heterocycles. The summed E-state index contributed by atoms with van der Waals surface area (Å²) in [4.78, 5) is 0. The van der Waals surface area contributed by atoms with Gasteiger partial charge in [0.25, 0.3) is 0 Å². The van der Waals surface area contributed by atoms with Crippen LogP contribution < -0.4 is 9.84 Å². The molecule has 1 heterocycles. The number of allylic oxidation sites excluding steroid dienone is 6. The molecule has 0 aromatic heterocycles.